The Morgan fingerprint density at radius 1 is 1.08 bits per heavy atom. The van der Waals surface area contributed by atoms with Crippen LogP contribution in [0.5, 0.6) is 0 Å². The van der Waals surface area contributed by atoms with Crippen molar-refractivity contribution in [3.63, 3.8) is 0 Å². The number of halogens is 2. The van der Waals surface area contributed by atoms with Crippen molar-refractivity contribution in [1.29, 1.82) is 0 Å². The second-order valence-electron chi connectivity index (χ2n) is 6.30. The fraction of sp³-hybridized carbons (Fsp3) is 0.316. The molecule has 0 saturated carbocycles. The molecule has 2 aromatic rings. The molecule has 0 bridgehead atoms. The van der Waals surface area contributed by atoms with Crippen LogP contribution in [-0.4, -0.2) is 29.1 Å². The van der Waals surface area contributed by atoms with Gasteiger partial charge in [-0.05, 0) is 29.7 Å². The number of nitrogens with zero attached hydrogens (tertiary/aromatic N) is 1. The third kappa shape index (κ3) is 3.44. The minimum Gasteiger partial charge on any atom is -0.396 e. The molecule has 3 rings (SSSR count). The van der Waals surface area contributed by atoms with Crippen LogP contribution in [0.15, 0.2) is 48.5 Å². The molecule has 1 fully saturated rings. The van der Waals surface area contributed by atoms with Crippen LogP contribution in [0.4, 0.5) is 0 Å². The van der Waals surface area contributed by atoms with Gasteiger partial charge in [0.15, 0.2) is 0 Å². The number of benzene rings is 2. The zero-order valence-electron chi connectivity index (χ0n) is 13.2. The van der Waals surface area contributed by atoms with Crippen molar-refractivity contribution in [1.82, 2.24) is 4.90 Å². The van der Waals surface area contributed by atoms with Gasteiger partial charge in [0.2, 0.25) is 5.91 Å². The van der Waals surface area contributed by atoms with Gasteiger partial charge in [0.05, 0.1) is 10.0 Å². The maximum Gasteiger partial charge on any atom is 0.223 e. The lowest BCUT2D eigenvalue weighted by atomic mass is 9.77. The summed E-state index contributed by atoms with van der Waals surface area (Å²) in [5, 5.41) is 10.5. The highest BCUT2D eigenvalue weighted by Gasteiger charge is 2.44. The largest absolute Gasteiger partial charge is 0.396 e. The molecule has 1 atom stereocenters. The Labute approximate surface area is 151 Å². The number of likely N-dealkylation sites (tertiary alicyclic amines) is 1. The quantitative estimate of drug-likeness (QED) is 0.870. The third-order valence-corrected chi connectivity index (χ3v) is 5.41. The number of hydrogen-bond donors (Lipinski definition) is 1. The second kappa shape index (κ2) is 7.14. The van der Waals surface area contributed by atoms with Gasteiger partial charge < -0.3 is 10.0 Å². The Morgan fingerprint density at radius 3 is 2.50 bits per heavy atom. The van der Waals surface area contributed by atoms with Crippen molar-refractivity contribution in [2.75, 3.05) is 13.2 Å². The standard InChI is InChI=1S/C19H19Cl2NO2/c20-16-7-6-15(10-17(16)21)19(8-9-23)11-18(24)22(13-19)12-14-4-2-1-3-5-14/h1-7,10,23H,8-9,11-13H2. The summed E-state index contributed by atoms with van der Waals surface area (Å²) in [5.74, 6) is 0.0957. The van der Waals surface area contributed by atoms with Crippen LogP contribution in [0.1, 0.15) is 24.0 Å². The Morgan fingerprint density at radius 2 is 1.83 bits per heavy atom. The Kier molecular flexibility index (Phi) is 5.14. The zero-order valence-corrected chi connectivity index (χ0v) is 14.7. The van der Waals surface area contributed by atoms with Crippen molar-refractivity contribution in [3.05, 3.63) is 69.7 Å². The monoisotopic (exact) mass is 363 g/mol. The summed E-state index contributed by atoms with van der Waals surface area (Å²) >= 11 is 12.2. The third-order valence-electron chi connectivity index (χ3n) is 4.67. The van der Waals surface area contributed by atoms with Crippen LogP contribution < -0.4 is 0 Å². The molecule has 2 aromatic carbocycles. The lowest BCUT2D eigenvalue weighted by Crippen LogP contribution is -2.32. The topological polar surface area (TPSA) is 40.5 Å². The van der Waals surface area contributed by atoms with Gasteiger partial charge in [0.25, 0.3) is 0 Å². The molecule has 1 saturated heterocycles. The maximum atomic E-state index is 12.6. The van der Waals surface area contributed by atoms with Gasteiger partial charge in [0.1, 0.15) is 0 Å². The normalized spacial score (nSPS) is 20.6. The SMILES string of the molecule is O=C1CC(CCO)(c2ccc(Cl)c(Cl)c2)CN1Cc1ccccc1. The molecule has 5 heteroatoms. The van der Waals surface area contributed by atoms with E-state index in [2.05, 4.69) is 0 Å². The molecule has 126 valence electrons. The number of aliphatic hydroxyl groups is 1. The van der Waals surface area contributed by atoms with Crippen LogP contribution in [0.25, 0.3) is 0 Å². The molecule has 1 unspecified atom stereocenters. The maximum absolute atomic E-state index is 12.6. The lowest BCUT2D eigenvalue weighted by Gasteiger charge is -2.29. The highest BCUT2D eigenvalue weighted by atomic mass is 35.5. The summed E-state index contributed by atoms with van der Waals surface area (Å²) in [5.41, 5.74) is 1.63. The van der Waals surface area contributed by atoms with Gasteiger partial charge in [-0.2, -0.15) is 0 Å². The van der Waals surface area contributed by atoms with Crippen molar-refractivity contribution in [2.24, 2.45) is 0 Å². The fourth-order valence-electron chi connectivity index (χ4n) is 3.40. The van der Waals surface area contributed by atoms with Crippen molar-refractivity contribution in [3.8, 4) is 0 Å². The number of hydrogen-bond acceptors (Lipinski definition) is 2. The molecule has 24 heavy (non-hydrogen) atoms. The van der Waals surface area contributed by atoms with E-state index in [1.54, 1.807) is 6.07 Å². The van der Waals surface area contributed by atoms with Gasteiger partial charge >= 0.3 is 0 Å². The van der Waals surface area contributed by atoms with Gasteiger partial charge in [-0.15, -0.1) is 0 Å². The first kappa shape index (κ1) is 17.3. The van der Waals surface area contributed by atoms with E-state index in [-0.39, 0.29) is 12.5 Å². The highest BCUT2D eigenvalue weighted by molar-refractivity contribution is 6.42. The van der Waals surface area contributed by atoms with Crippen LogP contribution >= 0.6 is 23.2 Å². The van der Waals surface area contributed by atoms with E-state index in [1.165, 1.54) is 0 Å². The molecule has 1 N–H and O–H groups in total. The van der Waals surface area contributed by atoms with Gasteiger partial charge in [-0.1, -0.05) is 59.6 Å². The summed E-state index contributed by atoms with van der Waals surface area (Å²) in [4.78, 5) is 14.4. The van der Waals surface area contributed by atoms with E-state index in [0.717, 1.165) is 11.1 Å². The van der Waals surface area contributed by atoms with Crippen LogP contribution in [0.3, 0.4) is 0 Å². The van der Waals surface area contributed by atoms with Gasteiger partial charge in [0, 0.05) is 31.5 Å². The molecule has 1 heterocycles. The van der Waals surface area contributed by atoms with Crippen molar-refractivity contribution < 1.29 is 9.90 Å². The van der Waals surface area contributed by atoms with E-state index in [4.69, 9.17) is 23.2 Å². The number of aliphatic hydroxyl groups excluding tert-OH is 1. The van der Waals surface area contributed by atoms with E-state index >= 15 is 0 Å². The fourth-order valence-corrected chi connectivity index (χ4v) is 3.70. The first-order valence-corrected chi connectivity index (χ1v) is 8.68. The molecular weight excluding hydrogens is 345 g/mol. The smallest absolute Gasteiger partial charge is 0.223 e. The molecule has 1 amide bonds. The summed E-state index contributed by atoms with van der Waals surface area (Å²) in [6.07, 6.45) is 0.889. The molecular formula is C19H19Cl2NO2. The van der Waals surface area contributed by atoms with E-state index in [9.17, 15) is 9.90 Å². The van der Waals surface area contributed by atoms with Crippen molar-refractivity contribution >= 4 is 29.1 Å². The number of rotatable bonds is 5. The Balaban J connectivity index is 1.88. The van der Waals surface area contributed by atoms with Crippen LogP contribution in [-0.2, 0) is 16.8 Å². The predicted molar refractivity (Wildman–Crippen MR) is 96.3 cm³/mol. The molecule has 1 aliphatic rings. The number of amides is 1. The molecule has 0 aromatic heterocycles. The van der Waals surface area contributed by atoms with Gasteiger partial charge in [-0.25, -0.2) is 0 Å². The minimum absolute atomic E-state index is 0.0205. The summed E-state index contributed by atoms with van der Waals surface area (Å²) in [6, 6.07) is 15.4. The molecule has 3 nitrogen and oxygen atoms in total. The first-order valence-electron chi connectivity index (χ1n) is 7.92. The average molecular weight is 364 g/mol. The summed E-state index contributed by atoms with van der Waals surface area (Å²) in [6.45, 7) is 1.17. The van der Waals surface area contributed by atoms with E-state index in [0.29, 0.717) is 36.0 Å². The molecule has 0 aliphatic carbocycles. The van der Waals surface area contributed by atoms with Crippen molar-refractivity contribution in [2.45, 2.75) is 24.8 Å². The molecule has 0 radical (unpaired) electrons. The first-order chi connectivity index (χ1) is 11.5. The van der Waals surface area contributed by atoms with Crippen LogP contribution in [0, 0.1) is 0 Å². The number of carbonyl (C=O) groups is 1. The number of carbonyl (C=O) groups excluding carboxylic acids is 1. The zero-order chi connectivity index (χ0) is 17.2. The lowest BCUT2D eigenvalue weighted by molar-refractivity contribution is -0.128. The van der Waals surface area contributed by atoms with E-state index in [1.807, 2.05) is 47.4 Å². The predicted octanol–water partition coefficient (Wildman–Crippen LogP) is 4.05. The van der Waals surface area contributed by atoms with E-state index < -0.39 is 5.41 Å². The van der Waals surface area contributed by atoms with Gasteiger partial charge in [-0.3, -0.25) is 4.79 Å². The molecule has 1 aliphatic heterocycles. The minimum atomic E-state index is -0.422. The highest BCUT2D eigenvalue weighted by Crippen LogP contribution is 2.40. The average Bonchev–Trinajstić information content (AvgIpc) is 2.88. The second-order valence-corrected chi connectivity index (χ2v) is 7.11. The van der Waals surface area contributed by atoms with Crippen LogP contribution in [0.2, 0.25) is 10.0 Å². The Hall–Kier alpha value is -1.55. The molecule has 0 spiro atoms. The summed E-state index contributed by atoms with van der Waals surface area (Å²) < 4.78 is 0. The summed E-state index contributed by atoms with van der Waals surface area (Å²) in [7, 11) is 0. The Bertz CT molecular complexity index is 735.